The molecule has 0 amide bonds. The number of hydrogen-bond donors (Lipinski definition) is 2. The number of nitrogens with zero attached hydrogens (tertiary/aromatic N) is 1. The van der Waals surface area contributed by atoms with Crippen molar-refractivity contribution in [3.63, 3.8) is 0 Å². The second-order valence-electron chi connectivity index (χ2n) is 6.31. The number of H-pyrrole nitrogens is 1. The fraction of sp³-hybridized carbons (Fsp3) is 0.529. The average molecular weight is 373 g/mol. The van der Waals surface area contributed by atoms with Gasteiger partial charge in [0.25, 0.3) is 0 Å². The lowest BCUT2D eigenvalue weighted by molar-refractivity contribution is -0.691. The van der Waals surface area contributed by atoms with E-state index in [1.54, 1.807) is 0 Å². The van der Waals surface area contributed by atoms with Crippen LogP contribution >= 0.6 is 0 Å². The highest BCUT2D eigenvalue weighted by atomic mass is 19.4. The molecular formula is C17H22F3N3O3. The quantitative estimate of drug-likeness (QED) is 0.799. The molecule has 1 fully saturated rings. The van der Waals surface area contributed by atoms with Gasteiger partial charge in [0.1, 0.15) is 17.8 Å². The van der Waals surface area contributed by atoms with Gasteiger partial charge in [0.2, 0.25) is 6.33 Å². The molecule has 1 saturated heterocycles. The lowest BCUT2D eigenvalue weighted by Gasteiger charge is -2.23. The van der Waals surface area contributed by atoms with Crippen LogP contribution in [0, 0.1) is 0 Å². The maximum Gasteiger partial charge on any atom is 0.430 e. The molecule has 1 aromatic carbocycles. The number of fused-ring (bicyclic) bond motifs is 1. The lowest BCUT2D eigenvalue weighted by atomic mass is 10.1. The van der Waals surface area contributed by atoms with E-state index in [1.807, 2.05) is 6.33 Å². The van der Waals surface area contributed by atoms with Crippen LogP contribution in [0.1, 0.15) is 32.7 Å². The lowest BCUT2D eigenvalue weighted by Crippen LogP contribution is -2.37. The number of carboxylic acids is 1. The number of piperidine rings is 1. The number of carboxylic acid groups (broad SMARTS) is 1. The van der Waals surface area contributed by atoms with E-state index in [9.17, 15) is 13.2 Å². The number of alkyl halides is 3. The van der Waals surface area contributed by atoms with Gasteiger partial charge in [-0.05, 0) is 51.9 Å². The highest BCUT2D eigenvalue weighted by Gasteiger charge is 2.28. The molecular weight excluding hydrogens is 351 g/mol. The van der Waals surface area contributed by atoms with Gasteiger partial charge < -0.3 is 20.0 Å². The van der Waals surface area contributed by atoms with E-state index >= 15 is 0 Å². The van der Waals surface area contributed by atoms with Crippen LogP contribution in [-0.4, -0.2) is 36.3 Å². The van der Waals surface area contributed by atoms with Gasteiger partial charge in [-0.3, -0.25) is 0 Å². The summed E-state index contributed by atoms with van der Waals surface area (Å²) in [4.78, 5) is 12.1. The zero-order valence-corrected chi connectivity index (χ0v) is 14.6. The molecule has 0 spiro atoms. The number of aromatic nitrogens is 2. The molecule has 0 aliphatic carbocycles. The van der Waals surface area contributed by atoms with Crippen molar-refractivity contribution in [2.75, 3.05) is 13.1 Å². The van der Waals surface area contributed by atoms with Crippen molar-refractivity contribution >= 4 is 17.0 Å². The number of benzene rings is 1. The molecule has 2 N–H and O–H groups in total. The monoisotopic (exact) mass is 373 g/mol. The SMILES string of the molecule is CC(C)[n+]1c[nH]c2ccc(OC3CCNCC3)cc21.O=C([O-])C(F)(F)F. The summed E-state index contributed by atoms with van der Waals surface area (Å²) in [5, 5.41) is 12.1. The fourth-order valence-electron chi connectivity index (χ4n) is 2.66. The molecule has 2 aromatic rings. The Hall–Kier alpha value is -2.29. The fourth-order valence-corrected chi connectivity index (χ4v) is 2.66. The van der Waals surface area contributed by atoms with Gasteiger partial charge >= 0.3 is 6.18 Å². The molecule has 0 atom stereocenters. The van der Waals surface area contributed by atoms with E-state index in [-0.39, 0.29) is 0 Å². The molecule has 6 nitrogen and oxygen atoms in total. The number of aliphatic carboxylic acids is 1. The summed E-state index contributed by atoms with van der Waals surface area (Å²) in [5.74, 6) is -2.03. The largest absolute Gasteiger partial charge is 0.542 e. The first-order valence-electron chi connectivity index (χ1n) is 8.36. The molecule has 0 radical (unpaired) electrons. The van der Waals surface area contributed by atoms with Crippen molar-refractivity contribution in [2.24, 2.45) is 0 Å². The Morgan fingerprint density at radius 1 is 1.31 bits per heavy atom. The minimum Gasteiger partial charge on any atom is -0.542 e. The number of rotatable bonds is 3. The first kappa shape index (κ1) is 20.0. The van der Waals surface area contributed by atoms with E-state index < -0.39 is 12.1 Å². The summed E-state index contributed by atoms with van der Waals surface area (Å²) in [5.41, 5.74) is 2.37. The summed E-state index contributed by atoms with van der Waals surface area (Å²) in [6.45, 7) is 6.49. The molecule has 0 bridgehead atoms. The Kier molecular flexibility index (Phi) is 6.47. The average Bonchev–Trinajstić information content (AvgIpc) is 2.99. The van der Waals surface area contributed by atoms with Crippen molar-refractivity contribution < 1.29 is 32.4 Å². The predicted octanol–water partition coefficient (Wildman–Crippen LogP) is 1.47. The highest BCUT2D eigenvalue weighted by molar-refractivity contribution is 5.72. The molecule has 26 heavy (non-hydrogen) atoms. The van der Waals surface area contributed by atoms with E-state index in [0.717, 1.165) is 37.2 Å². The summed E-state index contributed by atoms with van der Waals surface area (Å²) < 4.78 is 39.9. The molecule has 0 saturated carbocycles. The molecule has 144 valence electrons. The summed E-state index contributed by atoms with van der Waals surface area (Å²) in [6.07, 6.45) is -0.626. The number of hydrogen-bond acceptors (Lipinski definition) is 4. The molecule has 2 heterocycles. The van der Waals surface area contributed by atoms with Crippen LogP contribution in [0.2, 0.25) is 0 Å². The Bertz CT molecular complexity index is 738. The van der Waals surface area contributed by atoms with Gasteiger partial charge in [-0.2, -0.15) is 13.2 Å². The van der Waals surface area contributed by atoms with Crippen molar-refractivity contribution in [3.8, 4) is 5.75 Å². The van der Waals surface area contributed by atoms with Crippen molar-refractivity contribution in [2.45, 2.75) is 45.0 Å². The normalized spacial score (nSPS) is 15.6. The van der Waals surface area contributed by atoms with E-state index in [1.165, 1.54) is 5.52 Å². The van der Waals surface area contributed by atoms with Crippen LogP contribution in [0.4, 0.5) is 13.2 Å². The van der Waals surface area contributed by atoms with Gasteiger partial charge in [0, 0.05) is 6.07 Å². The van der Waals surface area contributed by atoms with E-state index in [4.69, 9.17) is 14.6 Å². The van der Waals surface area contributed by atoms with Crippen molar-refractivity contribution in [1.82, 2.24) is 10.3 Å². The van der Waals surface area contributed by atoms with Crippen LogP contribution in [0.3, 0.4) is 0 Å². The van der Waals surface area contributed by atoms with Gasteiger partial charge in [-0.1, -0.05) is 0 Å². The van der Waals surface area contributed by atoms with E-state index in [2.05, 4.69) is 46.9 Å². The minimum absolute atomic E-state index is 0.352. The highest BCUT2D eigenvalue weighted by Crippen LogP contribution is 2.21. The predicted molar refractivity (Wildman–Crippen MR) is 86.5 cm³/mol. The summed E-state index contributed by atoms with van der Waals surface area (Å²) >= 11 is 0. The Balaban J connectivity index is 0.000000298. The molecule has 3 rings (SSSR count). The number of carbonyl (C=O) groups is 1. The third-order valence-corrected chi connectivity index (χ3v) is 3.98. The van der Waals surface area contributed by atoms with Crippen LogP contribution in [0.25, 0.3) is 11.0 Å². The van der Waals surface area contributed by atoms with E-state index in [0.29, 0.717) is 12.1 Å². The third kappa shape index (κ3) is 5.35. The second-order valence-corrected chi connectivity index (χ2v) is 6.31. The number of imidazole rings is 1. The van der Waals surface area contributed by atoms with Crippen molar-refractivity contribution in [1.29, 1.82) is 0 Å². The standard InChI is InChI=1S/C15H21N3O.C2HF3O2/c1-11(2)18-10-17-14-4-3-13(9-15(14)18)19-12-5-7-16-8-6-12;3-2(4,5)1(6)7/h3-4,9-12,16H,5-8H2,1-2H3;(H,6,7). The Labute approximate surface area is 149 Å². The zero-order valence-electron chi connectivity index (χ0n) is 14.6. The number of nitrogens with one attached hydrogen (secondary N) is 2. The van der Waals surface area contributed by atoms with Crippen LogP contribution < -0.4 is 19.7 Å². The van der Waals surface area contributed by atoms with Crippen LogP contribution in [0.5, 0.6) is 5.75 Å². The van der Waals surface area contributed by atoms with Gasteiger partial charge in [-0.25, -0.2) is 9.55 Å². The molecule has 1 aliphatic heterocycles. The number of halogens is 3. The maximum atomic E-state index is 10.5. The second kappa shape index (κ2) is 8.39. The van der Waals surface area contributed by atoms with Crippen molar-refractivity contribution in [3.05, 3.63) is 24.5 Å². The first-order valence-corrected chi connectivity index (χ1v) is 8.36. The maximum absolute atomic E-state index is 10.5. The van der Waals surface area contributed by atoms with Crippen LogP contribution in [0.15, 0.2) is 24.5 Å². The Morgan fingerprint density at radius 3 is 2.46 bits per heavy atom. The number of aromatic amines is 1. The number of carbonyl (C=O) groups excluding carboxylic acids is 1. The topological polar surface area (TPSA) is 81.1 Å². The molecule has 1 aromatic heterocycles. The van der Waals surface area contributed by atoms with Crippen LogP contribution in [-0.2, 0) is 4.79 Å². The summed E-state index contributed by atoms with van der Waals surface area (Å²) in [6, 6.07) is 6.76. The van der Waals surface area contributed by atoms with Gasteiger partial charge in [-0.15, -0.1) is 0 Å². The van der Waals surface area contributed by atoms with Gasteiger partial charge in [0.15, 0.2) is 11.0 Å². The first-order chi connectivity index (χ1) is 12.2. The summed E-state index contributed by atoms with van der Waals surface area (Å²) in [7, 11) is 0. The Morgan fingerprint density at radius 2 is 1.92 bits per heavy atom. The molecule has 1 aliphatic rings. The van der Waals surface area contributed by atoms with Gasteiger partial charge in [0.05, 0.1) is 6.04 Å². The minimum atomic E-state index is -5.19. The smallest absolute Gasteiger partial charge is 0.430 e. The molecule has 0 unspecified atom stereocenters. The third-order valence-electron chi connectivity index (χ3n) is 3.98. The zero-order chi connectivity index (χ0) is 19.3. The molecule has 9 heteroatoms. The number of ether oxygens (including phenoxy) is 1.